The minimum atomic E-state index is -1.19. The second kappa shape index (κ2) is 54.0. The van der Waals surface area contributed by atoms with Crippen molar-refractivity contribution < 1.29 is 9.90 Å². The number of rotatable bonds is 65. The van der Waals surface area contributed by atoms with Gasteiger partial charge in [0.25, 0.3) is 0 Å². The van der Waals surface area contributed by atoms with E-state index in [1.165, 1.54) is 444 Å². The summed E-state index contributed by atoms with van der Waals surface area (Å²) >= 11 is 0. The van der Waals surface area contributed by atoms with Gasteiger partial charge in [0.05, 0.1) is 10.8 Å². The van der Waals surface area contributed by atoms with Crippen LogP contribution in [0.15, 0.2) is 224 Å². The maximum Gasteiger partial charge on any atom is 0.346 e. The van der Waals surface area contributed by atoms with Gasteiger partial charge in [0, 0.05) is 27.9 Å². The number of carbonyl (C=O) groups is 1. The van der Waals surface area contributed by atoms with Gasteiger partial charge < -0.3 is 10.0 Å². The fourth-order valence-electron chi connectivity index (χ4n) is 26.3. The summed E-state index contributed by atoms with van der Waals surface area (Å²) in [6.07, 6.45) is 69.6. The molecule has 0 aromatic heterocycles. The lowest BCUT2D eigenvalue weighted by Crippen LogP contribution is -2.30. The van der Waals surface area contributed by atoms with Crippen LogP contribution in [-0.4, -0.2) is 11.1 Å². The summed E-state index contributed by atoms with van der Waals surface area (Å²) in [5, 5.41) is 21.3. The van der Waals surface area contributed by atoms with E-state index >= 15 is 0 Å². The lowest BCUT2D eigenvalue weighted by Gasteiger charge is -2.36. The van der Waals surface area contributed by atoms with Crippen molar-refractivity contribution in [2.75, 3.05) is 4.90 Å². The number of carboxylic acids is 1. The molecule has 0 amide bonds. The van der Waals surface area contributed by atoms with E-state index in [9.17, 15) is 15.2 Å². The molecule has 0 bridgehead atoms. The van der Waals surface area contributed by atoms with Crippen LogP contribution in [0, 0.1) is 25.2 Å². The highest BCUT2D eigenvalue weighted by atomic mass is 16.4. The predicted octanol–water partition coefficient (Wildman–Crippen LogP) is 41.6. The van der Waals surface area contributed by atoms with Crippen LogP contribution in [0.1, 0.15) is 495 Å². The molecule has 15 rings (SSSR count). The molecule has 0 atom stereocenters. The second-order valence-electron chi connectivity index (χ2n) is 44.9. The summed E-state index contributed by atoms with van der Waals surface area (Å²) in [7, 11) is 0. The molecule has 11 aromatic carbocycles. The van der Waals surface area contributed by atoms with Crippen LogP contribution in [-0.2, 0) is 52.1 Å². The maximum atomic E-state index is 13.1. The molecule has 4 aliphatic rings. The molecule has 0 aliphatic heterocycles. The fraction of sp³-hybridized carbons (Fsp3) is 0.500. The monoisotopic (exact) mass is 1920 g/mol. The van der Waals surface area contributed by atoms with Crippen molar-refractivity contribution in [3.63, 3.8) is 0 Å². The molecule has 0 heterocycles. The van der Waals surface area contributed by atoms with E-state index < -0.39 is 22.2 Å². The fourth-order valence-corrected chi connectivity index (χ4v) is 26.3. The Morgan fingerprint density at radius 3 is 0.757 bits per heavy atom. The van der Waals surface area contributed by atoms with E-state index in [1.54, 1.807) is 6.08 Å². The third-order valence-electron chi connectivity index (χ3n) is 34.5. The quantitative estimate of drug-likeness (QED) is 0.0234. The third-order valence-corrected chi connectivity index (χ3v) is 34.5. The zero-order valence-corrected chi connectivity index (χ0v) is 91.2. The Morgan fingerprint density at radius 2 is 0.486 bits per heavy atom. The van der Waals surface area contributed by atoms with Gasteiger partial charge in [-0.25, -0.2) is 4.79 Å². The Hall–Kier alpha value is -10.1. The summed E-state index contributed by atoms with van der Waals surface area (Å²) < 4.78 is 0. The van der Waals surface area contributed by atoms with Crippen LogP contribution < -0.4 is 4.90 Å². The van der Waals surface area contributed by atoms with Crippen LogP contribution >= 0.6 is 0 Å². The zero-order valence-electron chi connectivity index (χ0n) is 91.2. The van der Waals surface area contributed by atoms with Crippen LogP contribution in [0.4, 0.5) is 17.1 Å². The van der Waals surface area contributed by atoms with Crippen molar-refractivity contribution in [2.45, 2.75) is 450 Å². The van der Waals surface area contributed by atoms with Gasteiger partial charge in [0.15, 0.2) is 0 Å². The normalized spacial score (nSPS) is 14.0. The lowest BCUT2D eigenvalue weighted by atomic mass is 9.65. The molecule has 4 nitrogen and oxygen atoms in total. The highest BCUT2D eigenvalue weighted by Crippen LogP contribution is 2.68. The summed E-state index contributed by atoms with van der Waals surface area (Å²) in [5.74, 6) is -1.19. The summed E-state index contributed by atoms with van der Waals surface area (Å²) in [6, 6.07) is 93.9. The number of benzene rings is 11. The van der Waals surface area contributed by atoms with Gasteiger partial charge in [-0.1, -0.05) is 495 Å². The van der Waals surface area contributed by atoms with Gasteiger partial charge >= 0.3 is 5.97 Å². The molecule has 1 N–H and O–H groups in total. The van der Waals surface area contributed by atoms with Gasteiger partial charge in [-0.15, -0.1) is 0 Å². The number of hydrogen-bond acceptors (Lipinski definition) is 3. The number of aryl methyl sites for hydroxylation is 6. The Balaban J connectivity index is 1.07. The minimum absolute atomic E-state index is 0.234. The summed E-state index contributed by atoms with van der Waals surface area (Å²) in [6.45, 7) is 23.2. The van der Waals surface area contributed by atoms with Crippen molar-refractivity contribution in [3.05, 3.63) is 330 Å². The van der Waals surface area contributed by atoms with E-state index in [2.05, 4.69) is 299 Å². The molecule has 762 valence electrons. The highest BCUT2D eigenvalue weighted by molar-refractivity contribution is 6.01. The van der Waals surface area contributed by atoms with E-state index in [1.807, 2.05) is 0 Å². The van der Waals surface area contributed by atoms with Crippen molar-refractivity contribution in [3.8, 4) is 50.6 Å². The first-order chi connectivity index (χ1) is 70.7. The van der Waals surface area contributed by atoms with Crippen LogP contribution in [0.25, 0.3) is 50.6 Å². The Bertz CT molecular complexity index is 5750. The summed E-state index contributed by atoms with van der Waals surface area (Å²) in [5.41, 5.74) is 37.4. The minimum Gasteiger partial charge on any atom is -0.477 e. The maximum absolute atomic E-state index is 13.1. The number of aliphatic carboxylic acids is 1. The molecular weight excluding hydrogens is 1740 g/mol. The molecule has 4 aliphatic carbocycles. The molecular formula is C140H180N2O2. The first-order valence-corrected chi connectivity index (χ1v) is 59.3. The van der Waals surface area contributed by atoms with Gasteiger partial charge in [-0.2, -0.15) is 5.26 Å². The number of nitriles is 1. The van der Waals surface area contributed by atoms with Crippen molar-refractivity contribution in [1.29, 1.82) is 5.26 Å². The largest absolute Gasteiger partial charge is 0.477 e. The topological polar surface area (TPSA) is 64.3 Å². The average Bonchev–Trinajstić information content (AvgIpc) is 1.49. The number of carboxylic acid groups (broad SMARTS) is 1. The van der Waals surface area contributed by atoms with Crippen LogP contribution in [0.3, 0.4) is 0 Å². The van der Waals surface area contributed by atoms with Crippen molar-refractivity contribution >= 4 is 29.1 Å². The van der Waals surface area contributed by atoms with E-state index in [4.69, 9.17) is 0 Å². The van der Waals surface area contributed by atoms with E-state index in [0.29, 0.717) is 0 Å². The van der Waals surface area contributed by atoms with Crippen LogP contribution in [0.5, 0.6) is 0 Å². The zero-order chi connectivity index (χ0) is 101. The Labute approximate surface area is 873 Å². The van der Waals surface area contributed by atoms with Crippen molar-refractivity contribution in [2.24, 2.45) is 0 Å². The Morgan fingerprint density at radius 1 is 0.257 bits per heavy atom. The molecule has 0 saturated carbocycles. The molecule has 0 saturated heterocycles. The van der Waals surface area contributed by atoms with Gasteiger partial charge in [0.1, 0.15) is 11.6 Å². The standard InChI is InChI=1S/C140H180N2O2/c1-11-19-27-35-43-51-59-107-67-76-113(77-68-107)139(114-78-69-108(70-79-114)60-52-44-36-28-20-12-2)132-100-122-120-89-75-111(95-112(104-141)136(143)144)96-128(120)137(91-55-47-39-31-23-15-5,92-56-48-40-32-24-16-6)130(122)98-124(132)126-102-135-127(103-134(126)139)125-99-131-123(101-133(125)140(135,115-80-71-109(72-81-115)61-53-45-37-29-21-13-3)116-82-73-110(74-83-116)62-54-46-38-30-22-14-4)121-90-88-119(142(117-84-63-105(9)64-85-117)118-86-65-106(10)66-87-118)97-129(121)138(131,93-57-49-41-33-25-17-7)94-58-50-42-34-26-18-8/h63-90,95-103H,11-62,91-94H2,1-10H3,(H,143,144)/b112-95+. The molecule has 144 heavy (non-hydrogen) atoms. The number of fused-ring (bicyclic) bond motifs is 12. The van der Waals surface area contributed by atoms with Crippen LogP contribution in [0.2, 0.25) is 0 Å². The molecule has 0 unspecified atom stereocenters. The number of nitrogens with zero attached hydrogens (tertiary/aromatic N) is 2. The number of anilines is 3. The molecule has 0 spiro atoms. The highest BCUT2D eigenvalue weighted by Gasteiger charge is 2.55. The Kier molecular flexibility index (Phi) is 40.6. The molecule has 0 fully saturated rings. The lowest BCUT2D eigenvalue weighted by molar-refractivity contribution is -0.132. The van der Waals surface area contributed by atoms with Gasteiger partial charge in [0.2, 0.25) is 0 Å². The van der Waals surface area contributed by atoms with E-state index in [-0.39, 0.29) is 11.0 Å². The molecule has 11 aromatic rings. The summed E-state index contributed by atoms with van der Waals surface area (Å²) in [4.78, 5) is 15.6. The van der Waals surface area contributed by atoms with Gasteiger partial charge in [-0.3, -0.25) is 0 Å². The third kappa shape index (κ3) is 24.8. The van der Waals surface area contributed by atoms with Gasteiger partial charge in [-0.05, 0) is 309 Å². The molecule has 0 radical (unpaired) electrons. The molecule has 4 heteroatoms. The smallest absolute Gasteiger partial charge is 0.346 e. The first-order valence-electron chi connectivity index (χ1n) is 59.3. The average molecular weight is 1920 g/mol. The van der Waals surface area contributed by atoms with E-state index in [0.717, 1.165) is 82.6 Å². The SMILES string of the molecule is CCCCCCCCc1ccc(C2(c3ccc(CCCCCCCC)cc3)c3cc4c(cc3-c3cc5c(cc32)-c2cc3c(cc2C5(c2ccc(CCCCCCCC)cc2)c2ccc(CCCCCCCC)cc2)-c2ccc(N(c5ccc(C)cc5)c5ccc(C)cc5)cc2C3(CCCCCCCC)CCCCCCCC)C(CCCCCCCC)(CCCCCCCC)c2cc(/C=C(\C#N)C(=O)O)ccc2-4)cc1. The second-order valence-corrected chi connectivity index (χ2v) is 44.9. The number of hydrogen-bond donors (Lipinski definition) is 1. The first kappa shape index (κ1) is 108. The van der Waals surface area contributed by atoms with Crippen molar-refractivity contribution in [1.82, 2.24) is 0 Å². The predicted molar refractivity (Wildman–Crippen MR) is 619 cm³/mol. The number of unbranched alkanes of at least 4 members (excludes halogenated alkanes) is 40.